The monoisotopic (exact) mass is 260 g/mol. The highest BCUT2D eigenvalue weighted by Gasteiger charge is 2.32. The summed E-state index contributed by atoms with van der Waals surface area (Å²) in [7, 11) is 0. The molecule has 1 saturated heterocycles. The molecule has 0 aromatic heterocycles. The minimum Gasteiger partial charge on any atom is -0.373 e. The van der Waals surface area contributed by atoms with Crippen molar-refractivity contribution in [3.05, 3.63) is 0 Å². The second-order valence-electron chi connectivity index (χ2n) is 5.39. The van der Waals surface area contributed by atoms with Gasteiger partial charge in [-0.15, -0.1) is 0 Å². The molecule has 1 heterocycles. The van der Waals surface area contributed by atoms with Gasteiger partial charge < -0.3 is 14.2 Å². The van der Waals surface area contributed by atoms with Gasteiger partial charge in [-0.2, -0.15) is 0 Å². The summed E-state index contributed by atoms with van der Waals surface area (Å²) in [6.45, 7) is 4.16. The molecule has 0 aromatic carbocycles. The lowest BCUT2D eigenvalue weighted by atomic mass is 9.87. The highest BCUT2D eigenvalue weighted by molar-refractivity contribution is 4.76. The predicted molar refractivity (Wildman–Crippen MR) is 67.2 cm³/mol. The maximum absolute atomic E-state index is 13.1. The number of hydrogen-bond acceptors (Lipinski definition) is 3. The summed E-state index contributed by atoms with van der Waals surface area (Å²) in [5, 5.41) is 0. The van der Waals surface area contributed by atoms with Crippen molar-refractivity contribution < 1.29 is 18.6 Å². The van der Waals surface area contributed by atoms with Gasteiger partial charge in [0, 0.05) is 12.5 Å². The van der Waals surface area contributed by atoms with Crippen LogP contribution in [-0.4, -0.2) is 38.4 Å². The zero-order valence-corrected chi connectivity index (χ0v) is 11.3. The van der Waals surface area contributed by atoms with Gasteiger partial charge in [-0.1, -0.05) is 13.3 Å². The molecule has 1 aliphatic carbocycles. The third kappa shape index (κ3) is 4.18. The Morgan fingerprint density at radius 1 is 1.11 bits per heavy atom. The van der Waals surface area contributed by atoms with Crippen LogP contribution in [0.5, 0.6) is 0 Å². The van der Waals surface area contributed by atoms with Crippen LogP contribution in [0.2, 0.25) is 0 Å². The molecular weight excluding hydrogens is 235 g/mol. The van der Waals surface area contributed by atoms with E-state index in [1.165, 1.54) is 0 Å². The Labute approximate surface area is 109 Å². The van der Waals surface area contributed by atoms with Crippen molar-refractivity contribution in [2.75, 3.05) is 19.8 Å². The average Bonchev–Trinajstić information content (AvgIpc) is 2.41. The molecule has 0 atom stereocenters. The zero-order chi connectivity index (χ0) is 12.8. The van der Waals surface area contributed by atoms with Crippen molar-refractivity contribution >= 4 is 0 Å². The fraction of sp³-hybridized carbons (Fsp3) is 1.00. The van der Waals surface area contributed by atoms with Crippen LogP contribution in [0.3, 0.4) is 0 Å². The van der Waals surface area contributed by atoms with E-state index in [9.17, 15) is 4.39 Å². The van der Waals surface area contributed by atoms with Crippen molar-refractivity contribution in [3.8, 4) is 0 Å². The summed E-state index contributed by atoms with van der Waals surface area (Å²) in [4.78, 5) is 0. The first-order chi connectivity index (χ1) is 8.79. The highest BCUT2D eigenvalue weighted by atomic mass is 19.1. The van der Waals surface area contributed by atoms with E-state index < -0.39 is 6.17 Å². The summed E-state index contributed by atoms with van der Waals surface area (Å²) < 4.78 is 30.2. The van der Waals surface area contributed by atoms with E-state index in [4.69, 9.17) is 14.2 Å². The Morgan fingerprint density at radius 2 is 1.78 bits per heavy atom. The highest BCUT2D eigenvalue weighted by Crippen LogP contribution is 2.31. The van der Waals surface area contributed by atoms with Crippen molar-refractivity contribution in [2.24, 2.45) is 5.92 Å². The summed E-state index contributed by atoms with van der Waals surface area (Å²) in [6.07, 6.45) is 4.63. The minimum atomic E-state index is -0.616. The topological polar surface area (TPSA) is 27.7 Å². The maximum Gasteiger partial charge on any atom is 0.160 e. The molecule has 0 aromatic rings. The first kappa shape index (κ1) is 14.2. The molecule has 2 rings (SSSR count). The molecule has 4 heteroatoms. The van der Waals surface area contributed by atoms with Crippen molar-refractivity contribution in [1.29, 1.82) is 0 Å². The van der Waals surface area contributed by atoms with E-state index in [2.05, 4.69) is 6.92 Å². The van der Waals surface area contributed by atoms with Crippen LogP contribution >= 0.6 is 0 Å². The largest absolute Gasteiger partial charge is 0.373 e. The van der Waals surface area contributed by atoms with E-state index in [1.54, 1.807) is 0 Å². The number of ether oxygens (including phenoxy) is 3. The Balaban J connectivity index is 1.63. The molecule has 0 spiro atoms. The molecule has 2 aliphatic rings. The second kappa shape index (κ2) is 7.41. The number of alkyl halides is 1. The first-order valence-electron chi connectivity index (χ1n) is 7.28. The van der Waals surface area contributed by atoms with Gasteiger partial charge >= 0.3 is 0 Å². The summed E-state index contributed by atoms with van der Waals surface area (Å²) >= 11 is 0. The Morgan fingerprint density at radius 3 is 2.39 bits per heavy atom. The Hall–Kier alpha value is -0.190. The van der Waals surface area contributed by atoms with Gasteiger partial charge in [-0.25, -0.2) is 4.39 Å². The van der Waals surface area contributed by atoms with Crippen LogP contribution in [0, 0.1) is 5.92 Å². The van der Waals surface area contributed by atoms with Crippen molar-refractivity contribution in [1.82, 2.24) is 0 Å². The summed E-state index contributed by atoms with van der Waals surface area (Å²) in [6, 6.07) is 0. The second-order valence-corrected chi connectivity index (χ2v) is 5.39. The van der Waals surface area contributed by atoms with Crippen LogP contribution in [0.1, 0.15) is 45.4 Å². The smallest absolute Gasteiger partial charge is 0.160 e. The third-order valence-corrected chi connectivity index (χ3v) is 3.83. The molecule has 0 bridgehead atoms. The lowest BCUT2D eigenvalue weighted by Crippen LogP contribution is -2.42. The number of hydrogen-bond donors (Lipinski definition) is 0. The normalized spacial score (nSPS) is 37.7. The van der Waals surface area contributed by atoms with Gasteiger partial charge in [0.2, 0.25) is 0 Å². The fourth-order valence-electron chi connectivity index (χ4n) is 2.61. The first-order valence-corrected chi connectivity index (χ1v) is 7.28. The zero-order valence-electron chi connectivity index (χ0n) is 11.3. The summed E-state index contributed by atoms with van der Waals surface area (Å²) in [5.41, 5.74) is 0. The molecule has 106 valence electrons. The minimum absolute atomic E-state index is 0.0744. The van der Waals surface area contributed by atoms with Crippen LogP contribution in [0.4, 0.5) is 4.39 Å². The van der Waals surface area contributed by atoms with Gasteiger partial charge in [0.05, 0.1) is 13.2 Å². The average molecular weight is 260 g/mol. The molecule has 0 N–H and O–H groups in total. The van der Waals surface area contributed by atoms with E-state index in [-0.39, 0.29) is 12.4 Å². The van der Waals surface area contributed by atoms with E-state index in [1.807, 2.05) is 0 Å². The molecule has 18 heavy (non-hydrogen) atoms. The Bertz CT molecular complexity index is 221. The number of rotatable bonds is 5. The third-order valence-electron chi connectivity index (χ3n) is 3.83. The molecule has 1 saturated carbocycles. The molecule has 2 fully saturated rings. The number of halogens is 1. The molecule has 3 nitrogen and oxygen atoms in total. The fourth-order valence-corrected chi connectivity index (χ4v) is 2.61. The van der Waals surface area contributed by atoms with Crippen LogP contribution in [-0.2, 0) is 14.2 Å². The lowest BCUT2D eigenvalue weighted by molar-refractivity contribution is -0.249. The van der Waals surface area contributed by atoms with E-state index in [0.29, 0.717) is 32.0 Å². The van der Waals surface area contributed by atoms with Crippen LogP contribution in [0.25, 0.3) is 0 Å². The molecular formula is C14H25FO3. The maximum atomic E-state index is 13.1. The molecule has 1 aliphatic heterocycles. The van der Waals surface area contributed by atoms with Gasteiger partial charge in [0.25, 0.3) is 0 Å². The number of unbranched alkanes of at least 4 members (excludes halogenated alkanes) is 1. The summed E-state index contributed by atoms with van der Waals surface area (Å²) in [5.74, 6) is 0.369. The van der Waals surface area contributed by atoms with Gasteiger partial charge in [0.15, 0.2) is 6.29 Å². The van der Waals surface area contributed by atoms with Gasteiger partial charge in [-0.3, -0.25) is 0 Å². The lowest BCUT2D eigenvalue weighted by Gasteiger charge is -2.36. The van der Waals surface area contributed by atoms with Crippen molar-refractivity contribution in [3.63, 3.8) is 0 Å². The SMILES string of the molecule is CCCCOC1COC(C2CCC(F)CC2)OC1. The molecule has 0 amide bonds. The quantitative estimate of drug-likeness (QED) is 0.711. The standard InChI is InChI=1S/C14H25FO3/c1-2-3-8-16-13-9-17-14(18-10-13)11-4-6-12(15)7-5-11/h11-14H,2-10H2,1H3. The van der Waals surface area contributed by atoms with Crippen LogP contribution < -0.4 is 0 Å². The Kier molecular flexibility index (Phi) is 5.86. The van der Waals surface area contributed by atoms with E-state index >= 15 is 0 Å². The predicted octanol–water partition coefficient (Wildman–Crippen LogP) is 3.07. The van der Waals surface area contributed by atoms with E-state index in [0.717, 1.165) is 32.3 Å². The van der Waals surface area contributed by atoms with Gasteiger partial charge in [-0.05, 0) is 32.1 Å². The molecule has 0 radical (unpaired) electrons. The van der Waals surface area contributed by atoms with Crippen LogP contribution in [0.15, 0.2) is 0 Å². The van der Waals surface area contributed by atoms with Gasteiger partial charge in [0.1, 0.15) is 12.3 Å². The van der Waals surface area contributed by atoms with Crippen molar-refractivity contribution in [2.45, 2.75) is 64.0 Å². The molecule has 0 unspecified atom stereocenters.